The van der Waals surface area contributed by atoms with Gasteiger partial charge in [0.1, 0.15) is 16.6 Å². The number of furan rings is 1. The normalized spacial score (nSPS) is 16.0. The van der Waals surface area contributed by atoms with Crippen LogP contribution >= 0.6 is 0 Å². The molecular formula is C71H83N6O+3. The molecule has 4 aromatic heterocycles. The van der Waals surface area contributed by atoms with Crippen LogP contribution < -0.4 is 13.7 Å². The first-order valence-corrected chi connectivity index (χ1v) is 28.5. The van der Waals surface area contributed by atoms with E-state index < -0.39 is 0 Å². The van der Waals surface area contributed by atoms with Gasteiger partial charge >= 0.3 is 5.82 Å². The van der Waals surface area contributed by atoms with Gasteiger partial charge in [-0.2, -0.15) is 0 Å². The molecule has 0 atom stereocenters. The van der Waals surface area contributed by atoms with Gasteiger partial charge in [-0.05, 0) is 204 Å². The molecule has 0 unspecified atom stereocenters. The molecule has 0 spiro atoms. The highest BCUT2D eigenvalue weighted by Crippen LogP contribution is 2.55. The molecule has 0 fully saturated rings. The molecule has 3 aliphatic heterocycles. The fourth-order valence-corrected chi connectivity index (χ4v) is 15.7. The van der Waals surface area contributed by atoms with Gasteiger partial charge in [0.25, 0.3) is 11.6 Å². The van der Waals surface area contributed by atoms with E-state index in [1.807, 2.05) is 6.26 Å². The number of nitrogens with zero attached hydrogens (tertiary/aromatic N) is 6. The van der Waals surface area contributed by atoms with E-state index in [0.29, 0.717) is 0 Å². The van der Waals surface area contributed by atoms with Gasteiger partial charge in [-0.1, -0.05) is 62.4 Å². The van der Waals surface area contributed by atoms with Crippen LogP contribution in [0.5, 0.6) is 0 Å². The van der Waals surface area contributed by atoms with Crippen molar-refractivity contribution in [2.75, 3.05) is 0 Å². The average molecular weight is 1040 g/mol. The lowest BCUT2D eigenvalue weighted by molar-refractivity contribution is -0.654. The Morgan fingerprint density at radius 2 is 0.808 bits per heavy atom. The zero-order valence-corrected chi connectivity index (χ0v) is 51.2. The predicted octanol–water partition coefficient (Wildman–Crippen LogP) is 15.2. The summed E-state index contributed by atoms with van der Waals surface area (Å²) in [5.74, 6) is 4.93. The Morgan fingerprint density at radius 3 is 1.37 bits per heavy atom. The SMILES string of the molecule is Cc1c(C)c(C)c2c(c1C)n1c([n+]2C)-c2cc3c(cc2C1(C)C)-c1ccccc1C3(C)C.Cc1c(C)c(C)c2c(c1C)n1c([n+]2C)-c2occc2C1(C)C.Cc1c(C)c(C)c2c(c1C)n1c([n+]2C)Cc2ccccc2C1(C)C. The van der Waals surface area contributed by atoms with Gasteiger partial charge in [-0.15, -0.1) is 0 Å². The second kappa shape index (κ2) is 16.5. The average Bonchev–Trinajstić information content (AvgIpc) is 4.21. The van der Waals surface area contributed by atoms with Crippen LogP contribution in [0.3, 0.4) is 0 Å². The van der Waals surface area contributed by atoms with Crippen molar-refractivity contribution in [3.63, 3.8) is 0 Å². The molecule has 400 valence electrons. The van der Waals surface area contributed by atoms with Crippen molar-refractivity contribution >= 4 is 33.1 Å². The molecule has 4 aliphatic rings. The second-order valence-electron chi connectivity index (χ2n) is 26.1. The Hall–Kier alpha value is -6.99. The smallest absolute Gasteiger partial charge is 0.327 e. The van der Waals surface area contributed by atoms with Gasteiger partial charge in [0.15, 0.2) is 33.1 Å². The summed E-state index contributed by atoms with van der Waals surface area (Å²) in [6.45, 7) is 46.0. The molecule has 0 saturated heterocycles. The number of fused-ring (bicyclic) bond motifs is 17. The fourth-order valence-electron chi connectivity index (χ4n) is 15.7. The van der Waals surface area contributed by atoms with Gasteiger partial charge in [-0.3, -0.25) is 0 Å². The molecule has 7 heteroatoms. The first-order chi connectivity index (χ1) is 36.5. The molecule has 0 amide bonds. The molecule has 1 aliphatic carbocycles. The second-order valence-corrected chi connectivity index (χ2v) is 26.1. The van der Waals surface area contributed by atoms with Crippen LogP contribution in [0, 0.1) is 83.1 Å². The van der Waals surface area contributed by atoms with Crippen LogP contribution in [-0.2, 0) is 49.6 Å². The Labute approximate surface area is 463 Å². The topological polar surface area (TPSA) is 39.6 Å². The van der Waals surface area contributed by atoms with Gasteiger partial charge in [0.2, 0.25) is 5.76 Å². The van der Waals surface area contributed by atoms with Crippen LogP contribution in [0.1, 0.15) is 161 Å². The van der Waals surface area contributed by atoms with Crippen LogP contribution in [0.4, 0.5) is 0 Å². The van der Waals surface area contributed by atoms with Crippen LogP contribution in [0.2, 0.25) is 0 Å². The summed E-state index contributed by atoms with van der Waals surface area (Å²) in [7, 11) is 6.65. The van der Waals surface area contributed by atoms with Crippen molar-refractivity contribution in [2.45, 2.75) is 167 Å². The third kappa shape index (κ3) is 6.30. The zero-order valence-electron chi connectivity index (χ0n) is 51.2. The van der Waals surface area contributed by atoms with Crippen LogP contribution in [0.15, 0.2) is 77.4 Å². The number of hydrogen-bond acceptors (Lipinski definition) is 1. The molecule has 0 radical (unpaired) electrons. The summed E-state index contributed by atoms with van der Waals surface area (Å²) in [5.41, 5.74) is 37.6. The first kappa shape index (κ1) is 51.7. The van der Waals surface area contributed by atoms with Crippen molar-refractivity contribution in [3.05, 3.63) is 179 Å². The first-order valence-electron chi connectivity index (χ1n) is 28.5. The van der Waals surface area contributed by atoms with E-state index in [2.05, 4.69) is 254 Å². The third-order valence-corrected chi connectivity index (χ3v) is 21.1. The summed E-state index contributed by atoms with van der Waals surface area (Å²) in [4.78, 5) is 0. The maximum absolute atomic E-state index is 5.85. The summed E-state index contributed by atoms with van der Waals surface area (Å²) < 4.78 is 20.7. The summed E-state index contributed by atoms with van der Waals surface area (Å²) in [6.07, 6.45) is 2.81. The lowest BCUT2D eigenvalue weighted by Gasteiger charge is -2.31. The number of aryl methyl sites for hydroxylation is 9. The maximum Gasteiger partial charge on any atom is 0.327 e. The molecule has 0 N–H and O–H groups in total. The molecule has 7 nitrogen and oxygen atoms in total. The predicted molar refractivity (Wildman–Crippen MR) is 321 cm³/mol. The van der Waals surface area contributed by atoms with E-state index in [1.54, 1.807) is 0 Å². The van der Waals surface area contributed by atoms with E-state index in [0.717, 1.165) is 12.2 Å². The largest absolute Gasteiger partial charge is 0.456 e. The minimum atomic E-state index is -0.111. The molecule has 0 saturated carbocycles. The Kier molecular flexibility index (Phi) is 11.0. The van der Waals surface area contributed by atoms with E-state index in [1.165, 1.54) is 167 Å². The maximum atomic E-state index is 5.85. The molecule has 10 aromatic rings. The van der Waals surface area contributed by atoms with E-state index in [-0.39, 0.29) is 22.0 Å². The number of aromatic nitrogens is 6. The molecule has 78 heavy (non-hydrogen) atoms. The van der Waals surface area contributed by atoms with E-state index >= 15 is 0 Å². The zero-order chi connectivity index (χ0) is 56.3. The van der Waals surface area contributed by atoms with E-state index in [9.17, 15) is 0 Å². The van der Waals surface area contributed by atoms with Gasteiger partial charge in [-0.25, -0.2) is 27.4 Å². The van der Waals surface area contributed by atoms with Crippen molar-refractivity contribution in [1.82, 2.24) is 13.7 Å². The van der Waals surface area contributed by atoms with Crippen LogP contribution in [0.25, 0.3) is 67.2 Å². The molecule has 0 bridgehead atoms. The highest BCUT2D eigenvalue weighted by atomic mass is 16.3. The standard InChI is InChI=1S/C30H33N2.C22H27N2.C19H23N2O/c1-16-17(2)19(4)27-26(18(16)3)31(9)28-22-15-24-21(14-25(22)30(7,8)32(27)28)20-12-10-11-13-23(20)29(24,5)6;1-13-14(2)16(4)21-20(15(13)3)23(7)19-12-17-10-8-9-11-18(17)22(5,6)24(19)21;1-10-11(2)13(4)16-15(12(10)3)20(7)18-17-14(8-9-22-17)19(5,6)21(16)18/h10-15H,1-9H3;8-11H,12H2,1-7H3;8-9H,1-7H3/q3*+1. The van der Waals surface area contributed by atoms with Gasteiger partial charge < -0.3 is 4.42 Å². The Bertz CT molecular complexity index is 4330. The summed E-state index contributed by atoms with van der Waals surface area (Å²) in [5, 5.41) is 0. The number of benzene rings is 6. The Morgan fingerprint density at radius 1 is 0.385 bits per heavy atom. The van der Waals surface area contributed by atoms with Crippen molar-refractivity contribution < 1.29 is 18.1 Å². The number of imidazole rings is 3. The van der Waals surface area contributed by atoms with Gasteiger partial charge in [0, 0.05) is 49.9 Å². The summed E-state index contributed by atoms with van der Waals surface area (Å²) in [6, 6.07) is 25.0. The minimum Gasteiger partial charge on any atom is -0.456 e. The minimum absolute atomic E-state index is 0.0160. The highest BCUT2D eigenvalue weighted by molar-refractivity contribution is 5.91. The van der Waals surface area contributed by atoms with Crippen LogP contribution in [-0.4, -0.2) is 13.7 Å². The van der Waals surface area contributed by atoms with Crippen molar-refractivity contribution in [3.8, 4) is 34.1 Å². The van der Waals surface area contributed by atoms with E-state index in [4.69, 9.17) is 4.42 Å². The Balaban J connectivity index is 0.000000120. The highest BCUT2D eigenvalue weighted by Gasteiger charge is 2.51. The third-order valence-electron chi connectivity index (χ3n) is 21.1. The molecule has 7 heterocycles. The monoisotopic (exact) mass is 1040 g/mol. The lowest BCUT2D eigenvalue weighted by Crippen LogP contribution is -2.41. The van der Waals surface area contributed by atoms with Gasteiger partial charge in [0.05, 0.1) is 45.0 Å². The fraction of sp³-hybridized carbons (Fsp3) is 0.394. The van der Waals surface area contributed by atoms with Crippen molar-refractivity contribution in [2.24, 2.45) is 21.1 Å². The molecular weight excluding hydrogens is 953 g/mol. The molecule has 6 aromatic carbocycles. The quantitative estimate of drug-likeness (QED) is 0.140. The summed E-state index contributed by atoms with van der Waals surface area (Å²) >= 11 is 0. The lowest BCUT2D eigenvalue weighted by atomic mass is 9.80. The van der Waals surface area contributed by atoms with Crippen molar-refractivity contribution in [1.29, 1.82) is 0 Å². The number of hydrogen-bond donors (Lipinski definition) is 0. The molecule has 14 rings (SSSR count). The number of rotatable bonds is 0.